The number of primary amides is 1. The first-order chi connectivity index (χ1) is 12.0. The number of nitrogens with two attached hydrogens (primary N) is 2. The molecule has 1 amide bonds. The summed E-state index contributed by atoms with van der Waals surface area (Å²) >= 11 is 1.63. The lowest BCUT2D eigenvalue weighted by Gasteiger charge is -2.12. The average molecular weight is 350 g/mol. The van der Waals surface area contributed by atoms with Crippen LogP contribution in [0.25, 0.3) is 32.1 Å². The van der Waals surface area contributed by atoms with Crippen molar-refractivity contribution in [3.8, 4) is 11.1 Å². The fourth-order valence-corrected chi connectivity index (χ4v) is 4.49. The molecule has 0 saturated heterocycles. The highest BCUT2D eigenvalue weighted by Gasteiger charge is 2.18. The van der Waals surface area contributed by atoms with Crippen molar-refractivity contribution in [2.24, 2.45) is 5.73 Å². The molecule has 5 N–H and O–H groups in total. The standard InChI is InChI=1S/C19H18N4OS/c1-10(6-16(20)24)13-8-23-19(21)17-14(9-25-18(13)17)12-3-2-11-4-5-22-15(11)7-12/h2-5,7-10,22H,6H2,1H3,(H2,20,24)(H2,21,23). The predicted molar refractivity (Wildman–Crippen MR) is 104 cm³/mol. The van der Waals surface area contributed by atoms with Crippen LogP contribution in [0.3, 0.4) is 0 Å². The number of carbonyl (C=O) groups excluding carboxylic acids is 1. The van der Waals surface area contributed by atoms with Gasteiger partial charge in [-0.3, -0.25) is 4.79 Å². The third kappa shape index (κ3) is 2.64. The molecule has 1 atom stereocenters. The number of rotatable bonds is 4. The lowest BCUT2D eigenvalue weighted by Crippen LogP contribution is -2.14. The second kappa shape index (κ2) is 5.89. The number of carbonyl (C=O) groups is 1. The topological polar surface area (TPSA) is 97.8 Å². The van der Waals surface area contributed by atoms with E-state index in [1.807, 2.05) is 19.2 Å². The number of fused-ring (bicyclic) bond motifs is 2. The summed E-state index contributed by atoms with van der Waals surface area (Å²) in [5, 5.41) is 4.22. The van der Waals surface area contributed by atoms with Gasteiger partial charge in [0.1, 0.15) is 5.82 Å². The molecule has 0 aliphatic rings. The molecule has 6 heteroatoms. The van der Waals surface area contributed by atoms with Crippen LogP contribution in [0.15, 0.2) is 42.0 Å². The maximum Gasteiger partial charge on any atom is 0.218 e. The summed E-state index contributed by atoms with van der Waals surface area (Å²) in [4.78, 5) is 18.9. The zero-order chi connectivity index (χ0) is 17.6. The molecule has 0 aliphatic carbocycles. The highest BCUT2D eigenvalue weighted by Crippen LogP contribution is 2.41. The maximum atomic E-state index is 11.3. The molecule has 25 heavy (non-hydrogen) atoms. The Morgan fingerprint density at radius 3 is 3.00 bits per heavy atom. The van der Waals surface area contributed by atoms with E-state index in [0.717, 1.165) is 32.3 Å². The number of H-pyrrole nitrogens is 1. The fraction of sp³-hybridized carbons (Fsp3) is 0.158. The lowest BCUT2D eigenvalue weighted by atomic mass is 9.96. The van der Waals surface area contributed by atoms with E-state index in [2.05, 4.69) is 33.5 Å². The number of thiophene rings is 1. The van der Waals surface area contributed by atoms with Crippen LogP contribution in [0, 0.1) is 0 Å². The summed E-state index contributed by atoms with van der Waals surface area (Å²) in [6.45, 7) is 1.99. The summed E-state index contributed by atoms with van der Waals surface area (Å²) in [6, 6.07) is 8.35. The molecule has 1 unspecified atom stereocenters. The van der Waals surface area contributed by atoms with Crippen LogP contribution in [-0.2, 0) is 4.79 Å². The second-order valence-electron chi connectivity index (χ2n) is 6.30. The SMILES string of the molecule is CC(CC(N)=O)c1cnc(N)c2c(-c3ccc4cc[nH]c4c3)csc12. The van der Waals surface area contributed by atoms with Crippen molar-refractivity contribution in [1.82, 2.24) is 9.97 Å². The molecule has 4 aromatic rings. The molecular weight excluding hydrogens is 332 g/mol. The van der Waals surface area contributed by atoms with Crippen LogP contribution in [-0.4, -0.2) is 15.9 Å². The zero-order valence-electron chi connectivity index (χ0n) is 13.7. The largest absolute Gasteiger partial charge is 0.383 e. The maximum absolute atomic E-state index is 11.3. The molecule has 0 bridgehead atoms. The third-order valence-corrected chi connectivity index (χ3v) is 5.59. The molecule has 0 spiro atoms. The molecule has 0 saturated carbocycles. The van der Waals surface area contributed by atoms with Gasteiger partial charge in [0.15, 0.2) is 0 Å². The average Bonchev–Trinajstić information content (AvgIpc) is 3.20. The minimum absolute atomic E-state index is 0.00508. The Balaban J connectivity index is 1.89. The van der Waals surface area contributed by atoms with Crippen molar-refractivity contribution >= 4 is 44.1 Å². The van der Waals surface area contributed by atoms with Gasteiger partial charge in [-0.05, 0) is 39.9 Å². The number of amides is 1. The minimum atomic E-state index is -0.313. The number of aromatic amines is 1. The van der Waals surface area contributed by atoms with E-state index in [1.54, 1.807) is 17.5 Å². The Bertz CT molecular complexity index is 1100. The van der Waals surface area contributed by atoms with Crippen LogP contribution >= 0.6 is 11.3 Å². The third-order valence-electron chi connectivity index (χ3n) is 4.56. The summed E-state index contributed by atoms with van der Waals surface area (Å²) in [7, 11) is 0. The number of hydrogen-bond acceptors (Lipinski definition) is 4. The van der Waals surface area contributed by atoms with Crippen LogP contribution < -0.4 is 11.5 Å². The van der Waals surface area contributed by atoms with Gasteiger partial charge in [0.25, 0.3) is 0 Å². The zero-order valence-corrected chi connectivity index (χ0v) is 14.6. The quantitative estimate of drug-likeness (QED) is 0.519. The second-order valence-corrected chi connectivity index (χ2v) is 7.18. The molecule has 5 nitrogen and oxygen atoms in total. The monoisotopic (exact) mass is 350 g/mol. The van der Waals surface area contributed by atoms with Crippen molar-refractivity contribution in [3.05, 3.63) is 47.6 Å². The van der Waals surface area contributed by atoms with Crippen LogP contribution in [0.2, 0.25) is 0 Å². The fourth-order valence-electron chi connectivity index (χ4n) is 3.28. The van der Waals surface area contributed by atoms with E-state index in [0.29, 0.717) is 12.2 Å². The van der Waals surface area contributed by atoms with Gasteiger partial charge in [-0.2, -0.15) is 0 Å². The van der Waals surface area contributed by atoms with Crippen molar-refractivity contribution in [2.45, 2.75) is 19.3 Å². The molecule has 0 radical (unpaired) electrons. The first-order valence-corrected chi connectivity index (χ1v) is 8.94. The number of pyridine rings is 1. The van der Waals surface area contributed by atoms with E-state index >= 15 is 0 Å². The normalized spacial score (nSPS) is 12.7. The molecular formula is C19H18N4OS. The molecule has 4 rings (SSSR count). The predicted octanol–water partition coefficient (Wildman–Crippen LogP) is 4.01. The minimum Gasteiger partial charge on any atom is -0.383 e. The Kier molecular flexibility index (Phi) is 3.69. The van der Waals surface area contributed by atoms with Gasteiger partial charge in [-0.15, -0.1) is 11.3 Å². The smallest absolute Gasteiger partial charge is 0.218 e. The van der Waals surface area contributed by atoms with Gasteiger partial charge in [-0.25, -0.2) is 4.98 Å². The van der Waals surface area contributed by atoms with Crippen molar-refractivity contribution in [2.75, 3.05) is 5.73 Å². The van der Waals surface area contributed by atoms with Gasteiger partial charge in [0.05, 0.1) is 0 Å². The Hall–Kier alpha value is -2.86. The van der Waals surface area contributed by atoms with Crippen molar-refractivity contribution in [1.29, 1.82) is 0 Å². The molecule has 3 heterocycles. The summed E-state index contributed by atoms with van der Waals surface area (Å²) in [6.07, 6.45) is 3.99. The van der Waals surface area contributed by atoms with Gasteiger partial charge in [0.2, 0.25) is 5.91 Å². The molecule has 3 aromatic heterocycles. The Morgan fingerprint density at radius 1 is 1.36 bits per heavy atom. The highest BCUT2D eigenvalue weighted by atomic mass is 32.1. The molecule has 126 valence electrons. The van der Waals surface area contributed by atoms with Gasteiger partial charge in [0, 0.05) is 40.0 Å². The molecule has 1 aromatic carbocycles. The van der Waals surface area contributed by atoms with E-state index in [1.165, 1.54) is 5.39 Å². The first-order valence-electron chi connectivity index (χ1n) is 8.06. The van der Waals surface area contributed by atoms with Gasteiger partial charge < -0.3 is 16.5 Å². The number of aromatic nitrogens is 2. The van der Waals surface area contributed by atoms with Crippen molar-refractivity contribution < 1.29 is 4.79 Å². The number of nitrogens with zero attached hydrogens (tertiary/aromatic N) is 1. The number of hydrogen-bond donors (Lipinski definition) is 3. The Labute approximate surface area is 148 Å². The van der Waals surface area contributed by atoms with Gasteiger partial charge in [-0.1, -0.05) is 19.1 Å². The van der Waals surface area contributed by atoms with Crippen molar-refractivity contribution in [3.63, 3.8) is 0 Å². The summed E-state index contributed by atoms with van der Waals surface area (Å²) in [5.74, 6) is 0.199. The number of nitrogens with one attached hydrogen (secondary N) is 1. The Morgan fingerprint density at radius 2 is 2.20 bits per heavy atom. The molecule has 0 aliphatic heterocycles. The van der Waals surface area contributed by atoms with Gasteiger partial charge >= 0.3 is 0 Å². The van der Waals surface area contributed by atoms with Crippen LogP contribution in [0.5, 0.6) is 0 Å². The van der Waals surface area contributed by atoms with E-state index in [4.69, 9.17) is 11.5 Å². The highest BCUT2D eigenvalue weighted by molar-refractivity contribution is 7.18. The van der Waals surface area contributed by atoms with Crippen LogP contribution in [0.1, 0.15) is 24.8 Å². The summed E-state index contributed by atoms with van der Waals surface area (Å²) < 4.78 is 1.07. The van der Waals surface area contributed by atoms with E-state index < -0.39 is 0 Å². The summed E-state index contributed by atoms with van der Waals surface area (Å²) in [5.41, 5.74) is 15.8. The first kappa shape index (κ1) is 15.7. The number of nitrogen functional groups attached to an aromatic ring is 1. The van der Waals surface area contributed by atoms with E-state index in [9.17, 15) is 4.79 Å². The van der Waals surface area contributed by atoms with E-state index in [-0.39, 0.29) is 11.8 Å². The number of anilines is 1. The molecule has 0 fully saturated rings. The lowest BCUT2D eigenvalue weighted by molar-refractivity contribution is -0.118. The van der Waals surface area contributed by atoms with Crippen LogP contribution in [0.4, 0.5) is 5.82 Å². The number of benzene rings is 1.